The van der Waals surface area contributed by atoms with Crippen LogP contribution in [0.3, 0.4) is 0 Å². The first-order chi connectivity index (χ1) is 9.23. The Bertz CT molecular complexity index is 475. The van der Waals surface area contributed by atoms with E-state index >= 15 is 0 Å². The second-order valence-electron chi connectivity index (χ2n) is 4.52. The van der Waals surface area contributed by atoms with Crippen molar-refractivity contribution in [1.29, 1.82) is 0 Å². The third-order valence-corrected chi connectivity index (χ3v) is 2.81. The SMILES string of the molecule is CCC(C)CNC(=O)c1ccc(OC(F)(F)F)c(N)c1. The van der Waals surface area contributed by atoms with E-state index in [9.17, 15) is 18.0 Å². The van der Waals surface area contributed by atoms with E-state index in [1.807, 2.05) is 13.8 Å². The molecule has 7 heteroatoms. The van der Waals surface area contributed by atoms with Gasteiger partial charge in [-0.05, 0) is 24.1 Å². The molecule has 1 unspecified atom stereocenters. The average Bonchev–Trinajstić information content (AvgIpc) is 2.36. The first-order valence-electron chi connectivity index (χ1n) is 6.16. The lowest BCUT2D eigenvalue weighted by molar-refractivity contribution is -0.274. The molecule has 4 nitrogen and oxygen atoms in total. The normalized spacial score (nSPS) is 12.8. The molecule has 1 atom stereocenters. The van der Waals surface area contributed by atoms with Crippen molar-refractivity contribution in [1.82, 2.24) is 5.32 Å². The molecule has 0 saturated heterocycles. The van der Waals surface area contributed by atoms with E-state index in [-0.39, 0.29) is 17.2 Å². The summed E-state index contributed by atoms with van der Waals surface area (Å²) in [5.41, 5.74) is 5.40. The summed E-state index contributed by atoms with van der Waals surface area (Å²) in [5, 5.41) is 2.69. The number of anilines is 1. The average molecular weight is 290 g/mol. The lowest BCUT2D eigenvalue weighted by Gasteiger charge is -2.13. The maximum Gasteiger partial charge on any atom is 0.573 e. The highest BCUT2D eigenvalue weighted by Gasteiger charge is 2.32. The van der Waals surface area contributed by atoms with Crippen molar-refractivity contribution in [3.05, 3.63) is 23.8 Å². The first kappa shape index (κ1) is 16.1. The predicted molar refractivity (Wildman–Crippen MR) is 69.3 cm³/mol. The number of nitrogens with one attached hydrogen (secondary N) is 1. The molecule has 1 aromatic carbocycles. The molecule has 1 amide bonds. The molecule has 0 radical (unpaired) electrons. The third-order valence-electron chi connectivity index (χ3n) is 2.81. The van der Waals surface area contributed by atoms with E-state index in [4.69, 9.17) is 5.73 Å². The zero-order valence-electron chi connectivity index (χ0n) is 11.3. The number of alkyl halides is 3. The molecule has 0 aliphatic carbocycles. The molecule has 3 N–H and O–H groups in total. The summed E-state index contributed by atoms with van der Waals surface area (Å²) in [4.78, 5) is 11.8. The van der Waals surface area contributed by atoms with Crippen molar-refractivity contribution >= 4 is 11.6 Å². The van der Waals surface area contributed by atoms with Crippen molar-refractivity contribution in [3.63, 3.8) is 0 Å². The van der Waals surface area contributed by atoms with Gasteiger partial charge in [-0.3, -0.25) is 4.79 Å². The fourth-order valence-corrected chi connectivity index (χ4v) is 1.42. The van der Waals surface area contributed by atoms with Crippen LogP contribution in [0.1, 0.15) is 30.6 Å². The van der Waals surface area contributed by atoms with Crippen LogP contribution in [0.25, 0.3) is 0 Å². The monoisotopic (exact) mass is 290 g/mol. The molecule has 0 aromatic heterocycles. The minimum atomic E-state index is -4.81. The van der Waals surface area contributed by atoms with Gasteiger partial charge < -0.3 is 15.8 Å². The predicted octanol–water partition coefficient (Wildman–Crippen LogP) is 2.94. The standard InChI is InChI=1S/C13H17F3N2O2/c1-3-8(2)7-18-12(19)9-4-5-11(10(17)6-9)20-13(14,15)16/h4-6,8H,3,7,17H2,1-2H3,(H,18,19). The van der Waals surface area contributed by atoms with Crippen molar-refractivity contribution in [2.24, 2.45) is 5.92 Å². The van der Waals surface area contributed by atoms with Gasteiger partial charge >= 0.3 is 6.36 Å². The summed E-state index contributed by atoms with van der Waals surface area (Å²) in [6, 6.07) is 3.43. The highest BCUT2D eigenvalue weighted by molar-refractivity contribution is 5.95. The molecule has 1 rings (SSSR count). The van der Waals surface area contributed by atoms with Crippen LogP contribution in [0, 0.1) is 5.92 Å². The molecule has 0 heterocycles. The molecule has 0 saturated carbocycles. The number of hydrogen-bond donors (Lipinski definition) is 2. The fourth-order valence-electron chi connectivity index (χ4n) is 1.42. The van der Waals surface area contributed by atoms with E-state index in [0.717, 1.165) is 18.6 Å². The second kappa shape index (κ2) is 6.49. The van der Waals surface area contributed by atoms with Gasteiger partial charge in [-0.15, -0.1) is 13.2 Å². The van der Waals surface area contributed by atoms with Crippen LogP contribution in [-0.2, 0) is 0 Å². The number of nitrogen functional groups attached to an aromatic ring is 1. The molecule has 0 aliphatic heterocycles. The Labute approximate surface area is 115 Å². The van der Waals surface area contributed by atoms with Gasteiger partial charge in [0.05, 0.1) is 5.69 Å². The summed E-state index contributed by atoms with van der Waals surface area (Å²) < 4.78 is 39.9. The molecule has 20 heavy (non-hydrogen) atoms. The largest absolute Gasteiger partial charge is 0.573 e. The molecule has 0 fully saturated rings. The van der Waals surface area contributed by atoms with Crippen molar-refractivity contribution < 1.29 is 22.7 Å². The molecule has 112 valence electrons. The zero-order chi connectivity index (χ0) is 15.3. The van der Waals surface area contributed by atoms with Crippen LogP contribution in [0.4, 0.5) is 18.9 Å². The van der Waals surface area contributed by atoms with Gasteiger partial charge in [0.2, 0.25) is 0 Å². The van der Waals surface area contributed by atoms with Crippen LogP contribution in [0.2, 0.25) is 0 Å². The molecule has 0 bridgehead atoms. The van der Waals surface area contributed by atoms with Gasteiger partial charge in [0.15, 0.2) is 5.75 Å². The summed E-state index contributed by atoms with van der Waals surface area (Å²) in [5.74, 6) is -0.573. The lowest BCUT2D eigenvalue weighted by Crippen LogP contribution is -2.28. The summed E-state index contributed by atoms with van der Waals surface area (Å²) in [7, 11) is 0. The molecular weight excluding hydrogens is 273 g/mol. The van der Waals surface area contributed by atoms with Crippen molar-refractivity contribution in [3.8, 4) is 5.75 Å². The van der Waals surface area contributed by atoms with E-state index in [1.165, 1.54) is 6.07 Å². The number of amides is 1. The lowest BCUT2D eigenvalue weighted by atomic mass is 10.1. The number of halogens is 3. The van der Waals surface area contributed by atoms with E-state index in [0.29, 0.717) is 12.5 Å². The molecule has 0 aliphatic rings. The van der Waals surface area contributed by atoms with Crippen LogP contribution in [-0.4, -0.2) is 18.8 Å². The number of benzene rings is 1. The van der Waals surface area contributed by atoms with Gasteiger partial charge in [0.25, 0.3) is 5.91 Å². The van der Waals surface area contributed by atoms with Crippen molar-refractivity contribution in [2.75, 3.05) is 12.3 Å². The Morgan fingerprint density at radius 3 is 2.60 bits per heavy atom. The minimum absolute atomic E-state index is 0.195. The Balaban J connectivity index is 2.74. The van der Waals surface area contributed by atoms with Crippen LogP contribution in [0.15, 0.2) is 18.2 Å². The number of carbonyl (C=O) groups is 1. The number of carbonyl (C=O) groups excluding carboxylic acids is 1. The molecular formula is C13H17F3N2O2. The third kappa shape index (κ3) is 4.99. The van der Waals surface area contributed by atoms with Crippen LogP contribution < -0.4 is 15.8 Å². The van der Waals surface area contributed by atoms with Gasteiger partial charge in [0.1, 0.15) is 0 Å². The number of rotatable bonds is 5. The van der Waals surface area contributed by atoms with Gasteiger partial charge in [0, 0.05) is 12.1 Å². The number of nitrogens with two attached hydrogens (primary N) is 1. The topological polar surface area (TPSA) is 64.3 Å². The van der Waals surface area contributed by atoms with Gasteiger partial charge in [-0.25, -0.2) is 0 Å². The van der Waals surface area contributed by atoms with E-state index < -0.39 is 12.1 Å². The number of ether oxygens (including phenoxy) is 1. The Morgan fingerprint density at radius 1 is 1.45 bits per heavy atom. The van der Waals surface area contributed by atoms with E-state index in [1.54, 1.807) is 0 Å². The second-order valence-corrected chi connectivity index (χ2v) is 4.52. The quantitative estimate of drug-likeness (QED) is 0.819. The minimum Gasteiger partial charge on any atom is -0.404 e. The number of hydrogen-bond acceptors (Lipinski definition) is 3. The molecule has 1 aromatic rings. The molecule has 0 spiro atoms. The maximum absolute atomic E-state index is 12.1. The maximum atomic E-state index is 12.1. The smallest absolute Gasteiger partial charge is 0.404 e. The van der Waals surface area contributed by atoms with Gasteiger partial charge in [-0.2, -0.15) is 0 Å². The van der Waals surface area contributed by atoms with Crippen molar-refractivity contribution in [2.45, 2.75) is 26.6 Å². The highest BCUT2D eigenvalue weighted by atomic mass is 19.4. The van der Waals surface area contributed by atoms with E-state index in [2.05, 4.69) is 10.1 Å². The Morgan fingerprint density at radius 2 is 2.10 bits per heavy atom. The Kier molecular flexibility index (Phi) is 5.24. The van der Waals surface area contributed by atoms with Crippen LogP contribution in [0.5, 0.6) is 5.75 Å². The summed E-state index contributed by atoms with van der Waals surface area (Å²) >= 11 is 0. The summed E-state index contributed by atoms with van der Waals surface area (Å²) in [6.45, 7) is 4.48. The van der Waals surface area contributed by atoms with Crippen LogP contribution >= 0.6 is 0 Å². The Hall–Kier alpha value is -1.92. The zero-order valence-corrected chi connectivity index (χ0v) is 11.3. The first-order valence-corrected chi connectivity index (χ1v) is 6.16. The fraction of sp³-hybridized carbons (Fsp3) is 0.462. The highest BCUT2D eigenvalue weighted by Crippen LogP contribution is 2.28. The summed E-state index contributed by atoms with van der Waals surface area (Å²) in [6.07, 6.45) is -3.89. The van der Waals surface area contributed by atoms with Gasteiger partial charge in [-0.1, -0.05) is 20.3 Å².